The predicted octanol–water partition coefficient (Wildman–Crippen LogP) is 2.71. The minimum atomic E-state index is 0.951. The van der Waals surface area contributed by atoms with Crippen LogP contribution in [0.5, 0.6) is 0 Å². The van der Waals surface area contributed by atoms with Crippen molar-refractivity contribution in [3.63, 3.8) is 0 Å². The van der Waals surface area contributed by atoms with Gasteiger partial charge >= 0.3 is 0 Å². The number of nitrogens with one attached hydrogen (secondary N) is 1. The molecule has 0 aliphatic carbocycles. The summed E-state index contributed by atoms with van der Waals surface area (Å²) < 4.78 is 0. The highest BCUT2D eigenvalue weighted by Gasteiger charge is 2.13. The van der Waals surface area contributed by atoms with Crippen molar-refractivity contribution < 1.29 is 0 Å². The highest BCUT2D eigenvalue weighted by atomic mass is 15.2. The first-order valence-corrected chi connectivity index (χ1v) is 6.54. The van der Waals surface area contributed by atoms with E-state index in [1.807, 2.05) is 7.05 Å². The molecule has 96 valence electrons. The Labute approximate surface area is 104 Å². The molecule has 0 aliphatic heterocycles. The lowest BCUT2D eigenvalue weighted by Crippen LogP contribution is -2.26. The van der Waals surface area contributed by atoms with E-state index in [0.29, 0.717) is 0 Å². The maximum Gasteiger partial charge on any atom is 0.137 e. The van der Waals surface area contributed by atoms with Gasteiger partial charge in [-0.3, -0.25) is 0 Å². The van der Waals surface area contributed by atoms with Gasteiger partial charge in [-0.1, -0.05) is 20.3 Å². The number of aromatic nitrogens is 2. The van der Waals surface area contributed by atoms with Gasteiger partial charge in [-0.2, -0.15) is 0 Å². The molecule has 4 nitrogen and oxygen atoms in total. The molecular weight excluding hydrogens is 212 g/mol. The molecule has 0 unspecified atom stereocenters. The molecule has 0 radical (unpaired) electrons. The van der Waals surface area contributed by atoms with E-state index in [4.69, 9.17) is 0 Å². The van der Waals surface area contributed by atoms with Crippen LogP contribution >= 0.6 is 0 Å². The Balaban J connectivity index is 3.00. The number of hydrogen-bond acceptors (Lipinski definition) is 4. The van der Waals surface area contributed by atoms with E-state index in [-0.39, 0.29) is 0 Å². The van der Waals surface area contributed by atoms with Gasteiger partial charge in [0.1, 0.15) is 18.0 Å². The van der Waals surface area contributed by atoms with Crippen LogP contribution < -0.4 is 10.2 Å². The third-order valence-corrected chi connectivity index (χ3v) is 2.98. The fraction of sp³-hybridized carbons (Fsp3) is 0.692. The Kier molecular flexibility index (Phi) is 5.73. The molecule has 0 saturated carbocycles. The topological polar surface area (TPSA) is 41.1 Å². The van der Waals surface area contributed by atoms with Gasteiger partial charge in [0, 0.05) is 25.7 Å². The molecule has 0 bridgehead atoms. The van der Waals surface area contributed by atoms with E-state index in [1.54, 1.807) is 6.33 Å². The highest BCUT2D eigenvalue weighted by Crippen LogP contribution is 2.23. The second-order valence-corrected chi connectivity index (χ2v) is 4.06. The lowest BCUT2D eigenvalue weighted by atomic mass is 10.2. The lowest BCUT2D eigenvalue weighted by Gasteiger charge is -2.24. The van der Waals surface area contributed by atoms with Gasteiger partial charge in [-0.05, 0) is 19.8 Å². The molecular formula is C13H24N4. The molecule has 0 atom stereocenters. The Morgan fingerprint density at radius 1 is 1.24 bits per heavy atom. The number of rotatable bonds is 7. The van der Waals surface area contributed by atoms with Crippen molar-refractivity contribution in [3.05, 3.63) is 11.9 Å². The average molecular weight is 236 g/mol. The zero-order chi connectivity index (χ0) is 12.7. The Bertz CT molecular complexity index is 338. The van der Waals surface area contributed by atoms with Crippen molar-refractivity contribution in [2.75, 3.05) is 30.4 Å². The van der Waals surface area contributed by atoms with Crippen molar-refractivity contribution in [2.24, 2.45) is 0 Å². The summed E-state index contributed by atoms with van der Waals surface area (Å²) >= 11 is 0. The molecule has 0 aliphatic rings. The lowest BCUT2D eigenvalue weighted by molar-refractivity contribution is 0.718. The van der Waals surface area contributed by atoms with Gasteiger partial charge in [0.2, 0.25) is 0 Å². The summed E-state index contributed by atoms with van der Waals surface area (Å²) in [5.74, 6) is 2.04. The number of anilines is 2. The molecule has 0 spiro atoms. The minimum absolute atomic E-state index is 0.951. The zero-order valence-electron chi connectivity index (χ0n) is 11.5. The molecule has 0 aromatic carbocycles. The van der Waals surface area contributed by atoms with E-state index in [0.717, 1.165) is 31.1 Å². The molecule has 1 heterocycles. The fourth-order valence-electron chi connectivity index (χ4n) is 1.98. The van der Waals surface area contributed by atoms with Crippen LogP contribution in [0.4, 0.5) is 11.6 Å². The summed E-state index contributed by atoms with van der Waals surface area (Å²) in [6, 6.07) is 0. The van der Waals surface area contributed by atoms with Crippen LogP contribution in [-0.2, 0) is 6.42 Å². The van der Waals surface area contributed by atoms with Gasteiger partial charge in [0.05, 0.1) is 0 Å². The maximum absolute atomic E-state index is 4.46. The Hall–Kier alpha value is -1.32. The third-order valence-electron chi connectivity index (χ3n) is 2.98. The molecule has 0 fully saturated rings. The van der Waals surface area contributed by atoms with Crippen LogP contribution in [0.3, 0.4) is 0 Å². The number of hydrogen-bond donors (Lipinski definition) is 1. The second kappa shape index (κ2) is 7.09. The van der Waals surface area contributed by atoms with E-state index in [1.165, 1.54) is 18.4 Å². The molecule has 0 saturated heterocycles. The first kappa shape index (κ1) is 13.7. The molecule has 1 aromatic heterocycles. The summed E-state index contributed by atoms with van der Waals surface area (Å²) in [7, 11) is 1.91. The number of nitrogens with zero attached hydrogens (tertiary/aromatic N) is 3. The van der Waals surface area contributed by atoms with E-state index in [2.05, 4.69) is 41.0 Å². The molecule has 0 amide bonds. The Morgan fingerprint density at radius 3 is 2.53 bits per heavy atom. The second-order valence-electron chi connectivity index (χ2n) is 4.06. The normalized spacial score (nSPS) is 10.4. The van der Waals surface area contributed by atoms with E-state index in [9.17, 15) is 0 Å². The fourth-order valence-corrected chi connectivity index (χ4v) is 1.98. The van der Waals surface area contributed by atoms with Gasteiger partial charge in [-0.15, -0.1) is 0 Å². The zero-order valence-corrected chi connectivity index (χ0v) is 11.5. The maximum atomic E-state index is 4.46. The smallest absolute Gasteiger partial charge is 0.137 e. The van der Waals surface area contributed by atoms with E-state index < -0.39 is 0 Å². The van der Waals surface area contributed by atoms with Crippen molar-refractivity contribution in [1.82, 2.24) is 9.97 Å². The van der Waals surface area contributed by atoms with Crippen molar-refractivity contribution in [1.29, 1.82) is 0 Å². The van der Waals surface area contributed by atoms with Crippen molar-refractivity contribution >= 4 is 11.6 Å². The van der Waals surface area contributed by atoms with Gasteiger partial charge in [-0.25, -0.2) is 9.97 Å². The van der Waals surface area contributed by atoms with Gasteiger partial charge in [0.25, 0.3) is 0 Å². The third kappa shape index (κ3) is 3.32. The quantitative estimate of drug-likeness (QED) is 0.790. The summed E-state index contributed by atoms with van der Waals surface area (Å²) in [5.41, 5.74) is 1.22. The molecule has 1 N–H and O–H groups in total. The van der Waals surface area contributed by atoms with Crippen LogP contribution in [-0.4, -0.2) is 30.1 Å². The average Bonchev–Trinajstić information content (AvgIpc) is 2.39. The van der Waals surface area contributed by atoms with Crippen LogP contribution in [0.1, 0.15) is 39.2 Å². The van der Waals surface area contributed by atoms with Crippen LogP contribution in [0.2, 0.25) is 0 Å². The standard InChI is InChI=1S/C13H24N4/c1-5-8-9-17(7-3)13-11(6-2)12(14-4)15-10-16-13/h10H,5-9H2,1-4H3,(H,14,15,16). The first-order chi connectivity index (χ1) is 8.28. The van der Waals surface area contributed by atoms with Crippen LogP contribution in [0.15, 0.2) is 6.33 Å². The molecule has 1 aromatic rings. The number of unbranched alkanes of at least 4 members (excludes halogenated alkanes) is 1. The summed E-state index contributed by atoms with van der Waals surface area (Å²) in [5, 5.41) is 3.14. The summed E-state index contributed by atoms with van der Waals surface area (Å²) in [6.07, 6.45) is 5.02. The van der Waals surface area contributed by atoms with Crippen molar-refractivity contribution in [3.8, 4) is 0 Å². The van der Waals surface area contributed by atoms with Gasteiger partial charge < -0.3 is 10.2 Å². The summed E-state index contributed by atoms with van der Waals surface area (Å²) in [6.45, 7) is 8.61. The minimum Gasteiger partial charge on any atom is -0.373 e. The molecule has 4 heteroatoms. The first-order valence-electron chi connectivity index (χ1n) is 6.54. The largest absolute Gasteiger partial charge is 0.373 e. The highest BCUT2D eigenvalue weighted by molar-refractivity contribution is 5.58. The monoisotopic (exact) mass is 236 g/mol. The Morgan fingerprint density at radius 2 is 2.00 bits per heavy atom. The SMILES string of the molecule is CCCCN(CC)c1ncnc(NC)c1CC. The van der Waals surface area contributed by atoms with Crippen LogP contribution in [0, 0.1) is 0 Å². The molecule has 17 heavy (non-hydrogen) atoms. The summed E-state index contributed by atoms with van der Waals surface area (Å²) in [4.78, 5) is 11.1. The van der Waals surface area contributed by atoms with E-state index >= 15 is 0 Å². The molecule has 1 rings (SSSR count). The predicted molar refractivity (Wildman–Crippen MR) is 73.8 cm³/mol. The van der Waals surface area contributed by atoms with Crippen LogP contribution in [0.25, 0.3) is 0 Å². The van der Waals surface area contributed by atoms with Gasteiger partial charge in [0.15, 0.2) is 0 Å². The van der Waals surface area contributed by atoms with Crippen molar-refractivity contribution in [2.45, 2.75) is 40.0 Å².